The zero-order valence-corrected chi connectivity index (χ0v) is 13.3. The number of carbonyl (C=O) groups excluding carboxylic acids is 1. The lowest BCUT2D eigenvalue weighted by Gasteiger charge is -2.16. The Balaban J connectivity index is 1.69. The largest absolute Gasteiger partial charge is 0.343 e. The Morgan fingerprint density at radius 3 is 2.91 bits per heavy atom. The molecule has 2 aromatic heterocycles. The van der Waals surface area contributed by atoms with Crippen LogP contribution in [0.1, 0.15) is 25.0 Å². The van der Waals surface area contributed by atoms with E-state index in [2.05, 4.69) is 31.1 Å². The molecule has 0 bridgehead atoms. The number of benzene rings is 1. The van der Waals surface area contributed by atoms with E-state index >= 15 is 0 Å². The van der Waals surface area contributed by atoms with Crippen LogP contribution in [-0.4, -0.2) is 37.5 Å². The van der Waals surface area contributed by atoms with Gasteiger partial charge in [0.2, 0.25) is 12.3 Å². The van der Waals surface area contributed by atoms with Crippen LogP contribution in [0.3, 0.4) is 0 Å². The van der Waals surface area contributed by atoms with Crippen LogP contribution < -0.4 is 0 Å². The molecule has 0 atom stereocenters. The molecule has 23 heavy (non-hydrogen) atoms. The fourth-order valence-electron chi connectivity index (χ4n) is 2.61. The van der Waals surface area contributed by atoms with E-state index in [0.29, 0.717) is 25.3 Å². The molecule has 7 heteroatoms. The third-order valence-corrected chi connectivity index (χ3v) is 3.81. The standard InChI is InChI=1S/C16H19N5O2/c1-3-15-18-12-6-4-5-7-13(12)21(15)9-8-16(22)20(2)10-14-17-11-23-19-14/h4-7,11H,3,8-10H2,1-2H3. The van der Waals surface area contributed by atoms with E-state index in [1.807, 2.05) is 24.3 Å². The summed E-state index contributed by atoms with van der Waals surface area (Å²) in [5.74, 6) is 1.54. The number of amides is 1. The van der Waals surface area contributed by atoms with Gasteiger partial charge in [0.15, 0.2) is 5.82 Å². The summed E-state index contributed by atoms with van der Waals surface area (Å²) in [6.07, 6.45) is 2.50. The second kappa shape index (κ2) is 6.60. The Labute approximate surface area is 133 Å². The first-order valence-corrected chi connectivity index (χ1v) is 7.62. The monoisotopic (exact) mass is 313 g/mol. The van der Waals surface area contributed by atoms with Gasteiger partial charge in [0, 0.05) is 26.4 Å². The lowest BCUT2D eigenvalue weighted by molar-refractivity contribution is -0.130. The second-order valence-electron chi connectivity index (χ2n) is 5.37. The Kier molecular flexibility index (Phi) is 4.36. The van der Waals surface area contributed by atoms with Crippen LogP contribution in [0.25, 0.3) is 11.0 Å². The summed E-state index contributed by atoms with van der Waals surface area (Å²) < 4.78 is 6.80. The fourth-order valence-corrected chi connectivity index (χ4v) is 2.61. The summed E-state index contributed by atoms with van der Waals surface area (Å²) in [7, 11) is 1.74. The van der Waals surface area contributed by atoms with Crippen LogP contribution in [-0.2, 0) is 24.3 Å². The first-order valence-electron chi connectivity index (χ1n) is 7.62. The van der Waals surface area contributed by atoms with E-state index in [0.717, 1.165) is 23.3 Å². The molecule has 3 aromatic rings. The molecule has 0 unspecified atom stereocenters. The highest BCUT2D eigenvalue weighted by atomic mass is 16.5. The smallest absolute Gasteiger partial charge is 0.224 e. The normalized spacial score (nSPS) is 11.0. The summed E-state index contributed by atoms with van der Waals surface area (Å²) in [5.41, 5.74) is 2.04. The van der Waals surface area contributed by atoms with Gasteiger partial charge in [0.05, 0.1) is 17.6 Å². The van der Waals surface area contributed by atoms with Gasteiger partial charge in [-0.05, 0) is 12.1 Å². The molecule has 0 fully saturated rings. The first-order chi connectivity index (χ1) is 11.2. The number of para-hydroxylation sites is 2. The van der Waals surface area contributed by atoms with E-state index in [9.17, 15) is 4.79 Å². The molecular formula is C16H19N5O2. The van der Waals surface area contributed by atoms with Crippen molar-refractivity contribution in [3.05, 3.63) is 42.3 Å². The molecule has 0 spiro atoms. The van der Waals surface area contributed by atoms with Gasteiger partial charge in [0.25, 0.3) is 0 Å². The van der Waals surface area contributed by atoms with E-state index in [-0.39, 0.29) is 5.91 Å². The molecule has 7 nitrogen and oxygen atoms in total. The zero-order chi connectivity index (χ0) is 16.2. The van der Waals surface area contributed by atoms with Gasteiger partial charge in [0.1, 0.15) is 5.82 Å². The number of hydrogen-bond donors (Lipinski definition) is 0. The Morgan fingerprint density at radius 1 is 1.35 bits per heavy atom. The summed E-state index contributed by atoms with van der Waals surface area (Å²) >= 11 is 0. The number of aromatic nitrogens is 4. The highest BCUT2D eigenvalue weighted by molar-refractivity contribution is 5.78. The molecule has 0 aliphatic heterocycles. The average molecular weight is 313 g/mol. The molecule has 0 radical (unpaired) electrons. The average Bonchev–Trinajstić information content (AvgIpc) is 3.19. The van der Waals surface area contributed by atoms with Crippen LogP contribution in [0.2, 0.25) is 0 Å². The van der Waals surface area contributed by atoms with E-state index < -0.39 is 0 Å². The van der Waals surface area contributed by atoms with Crippen LogP contribution >= 0.6 is 0 Å². The SMILES string of the molecule is CCc1nc2ccccc2n1CCC(=O)N(C)Cc1ncon1. The predicted molar refractivity (Wildman–Crippen MR) is 84.5 cm³/mol. The topological polar surface area (TPSA) is 77.0 Å². The van der Waals surface area contributed by atoms with Crippen LogP contribution in [0.15, 0.2) is 35.2 Å². The van der Waals surface area contributed by atoms with Gasteiger partial charge in [-0.25, -0.2) is 4.98 Å². The van der Waals surface area contributed by atoms with E-state index in [4.69, 9.17) is 0 Å². The lowest BCUT2D eigenvalue weighted by atomic mass is 10.3. The number of hydrogen-bond acceptors (Lipinski definition) is 5. The minimum absolute atomic E-state index is 0.0367. The molecule has 120 valence electrons. The van der Waals surface area contributed by atoms with E-state index in [1.165, 1.54) is 6.39 Å². The number of rotatable bonds is 6. The Bertz CT molecular complexity index is 794. The van der Waals surface area contributed by atoms with Crippen molar-refractivity contribution in [1.82, 2.24) is 24.6 Å². The van der Waals surface area contributed by atoms with E-state index in [1.54, 1.807) is 11.9 Å². The van der Waals surface area contributed by atoms with Crippen LogP contribution in [0.4, 0.5) is 0 Å². The summed E-state index contributed by atoms with van der Waals surface area (Å²) in [6, 6.07) is 8.00. The third kappa shape index (κ3) is 3.23. The minimum atomic E-state index is 0.0367. The number of imidazole rings is 1. The van der Waals surface area contributed by atoms with Gasteiger partial charge >= 0.3 is 0 Å². The molecule has 2 heterocycles. The molecule has 0 aliphatic carbocycles. The number of carbonyl (C=O) groups is 1. The molecule has 0 saturated heterocycles. The molecule has 0 saturated carbocycles. The number of aryl methyl sites for hydroxylation is 2. The molecule has 0 N–H and O–H groups in total. The van der Waals surface area contributed by atoms with Crippen molar-refractivity contribution >= 4 is 16.9 Å². The lowest BCUT2D eigenvalue weighted by Crippen LogP contribution is -2.27. The van der Waals surface area contributed by atoms with Crippen molar-refractivity contribution in [2.75, 3.05) is 7.05 Å². The highest BCUT2D eigenvalue weighted by Gasteiger charge is 2.14. The van der Waals surface area contributed by atoms with Crippen LogP contribution in [0.5, 0.6) is 0 Å². The maximum Gasteiger partial charge on any atom is 0.224 e. The quantitative estimate of drug-likeness (QED) is 0.696. The van der Waals surface area contributed by atoms with Crippen molar-refractivity contribution < 1.29 is 9.32 Å². The fraction of sp³-hybridized carbons (Fsp3) is 0.375. The molecule has 1 amide bonds. The molecule has 1 aromatic carbocycles. The van der Waals surface area contributed by atoms with Crippen molar-refractivity contribution in [1.29, 1.82) is 0 Å². The Morgan fingerprint density at radius 2 is 2.17 bits per heavy atom. The molecular weight excluding hydrogens is 294 g/mol. The summed E-state index contributed by atoms with van der Waals surface area (Å²) in [6.45, 7) is 3.03. The van der Waals surface area contributed by atoms with Crippen molar-refractivity contribution in [2.24, 2.45) is 0 Å². The minimum Gasteiger partial charge on any atom is -0.343 e. The summed E-state index contributed by atoms with van der Waals surface area (Å²) in [4.78, 5) is 22.5. The Hall–Kier alpha value is -2.70. The van der Waals surface area contributed by atoms with Gasteiger partial charge in [-0.3, -0.25) is 4.79 Å². The van der Waals surface area contributed by atoms with Crippen LogP contribution in [0, 0.1) is 0 Å². The molecule has 3 rings (SSSR count). The van der Waals surface area contributed by atoms with Crippen molar-refractivity contribution in [3.8, 4) is 0 Å². The maximum atomic E-state index is 12.3. The highest BCUT2D eigenvalue weighted by Crippen LogP contribution is 2.17. The predicted octanol–water partition coefficient (Wildman–Crippen LogP) is 2.03. The summed E-state index contributed by atoms with van der Waals surface area (Å²) in [5, 5.41) is 3.72. The maximum absolute atomic E-state index is 12.3. The van der Waals surface area contributed by atoms with Gasteiger partial charge < -0.3 is 14.0 Å². The van der Waals surface area contributed by atoms with Crippen molar-refractivity contribution in [3.63, 3.8) is 0 Å². The number of fused-ring (bicyclic) bond motifs is 1. The zero-order valence-electron chi connectivity index (χ0n) is 13.3. The first kappa shape index (κ1) is 15.2. The number of nitrogens with zero attached hydrogens (tertiary/aromatic N) is 5. The third-order valence-electron chi connectivity index (χ3n) is 3.81. The second-order valence-corrected chi connectivity index (χ2v) is 5.37. The van der Waals surface area contributed by atoms with Gasteiger partial charge in [-0.2, -0.15) is 4.98 Å². The van der Waals surface area contributed by atoms with Crippen molar-refractivity contribution in [2.45, 2.75) is 32.9 Å². The van der Waals surface area contributed by atoms with Gasteiger partial charge in [-0.15, -0.1) is 0 Å². The molecule has 0 aliphatic rings. The van der Waals surface area contributed by atoms with Gasteiger partial charge in [-0.1, -0.05) is 24.2 Å².